The quantitative estimate of drug-likeness (QED) is 0.806. The van der Waals surface area contributed by atoms with Crippen molar-refractivity contribution in [1.29, 1.82) is 0 Å². The number of carbonyl (C=O) groups excluding carboxylic acids is 1. The van der Waals surface area contributed by atoms with Crippen molar-refractivity contribution in [2.24, 2.45) is 5.92 Å². The number of nitrogens with zero attached hydrogens (tertiary/aromatic N) is 2. The number of nitrogen functional groups attached to an aromatic ring is 1. The van der Waals surface area contributed by atoms with E-state index in [0.717, 1.165) is 18.8 Å². The first-order chi connectivity index (χ1) is 8.19. The third kappa shape index (κ3) is 3.41. The molecule has 1 fully saturated rings. The monoisotopic (exact) mass is 234 g/mol. The number of hydrogen-bond acceptors (Lipinski definition) is 4. The maximum Gasteiger partial charge on any atom is 0.272 e. The van der Waals surface area contributed by atoms with Crippen molar-refractivity contribution >= 4 is 11.7 Å². The average Bonchev–Trinajstić information content (AvgIpc) is 3.13. The van der Waals surface area contributed by atoms with E-state index in [1.165, 1.54) is 12.8 Å². The predicted octanol–water partition coefficient (Wildman–Crippen LogP) is 1.37. The zero-order valence-corrected chi connectivity index (χ0v) is 10.0. The van der Waals surface area contributed by atoms with E-state index < -0.39 is 0 Å². The number of nitrogens with two attached hydrogens (primary N) is 1. The standard InChI is InChI=1S/C12H18N4O/c1-2-9(7-8-3-4-8)14-12(17)10-5-6-11(13)16-15-10/h5-6,8-9H,2-4,7H2,1H3,(H2,13,16)(H,14,17). The minimum Gasteiger partial charge on any atom is -0.382 e. The Hall–Kier alpha value is -1.65. The molecule has 0 saturated heterocycles. The van der Waals surface area contributed by atoms with E-state index in [-0.39, 0.29) is 11.9 Å². The van der Waals surface area contributed by atoms with Crippen LogP contribution in [0, 0.1) is 5.92 Å². The van der Waals surface area contributed by atoms with Crippen molar-refractivity contribution in [3.8, 4) is 0 Å². The lowest BCUT2D eigenvalue weighted by Crippen LogP contribution is -2.35. The van der Waals surface area contributed by atoms with Gasteiger partial charge in [-0.15, -0.1) is 10.2 Å². The van der Waals surface area contributed by atoms with Crippen molar-refractivity contribution in [2.75, 3.05) is 5.73 Å². The largest absolute Gasteiger partial charge is 0.382 e. The Kier molecular flexibility index (Phi) is 3.56. The average molecular weight is 234 g/mol. The first-order valence-electron chi connectivity index (χ1n) is 6.09. The van der Waals surface area contributed by atoms with E-state index in [1.54, 1.807) is 12.1 Å². The zero-order valence-electron chi connectivity index (χ0n) is 10.0. The number of rotatable bonds is 5. The summed E-state index contributed by atoms with van der Waals surface area (Å²) in [5, 5.41) is 10.4. The molecule has 0 spiro atoms. The van der Waals surface area contributed by atoms with Gasteiger partial charge in [0.25, 0.3) is 5.91 Å². The Morgan fingerprint density at radius 1 is 1.53 bits per heavy atom. The molecule has 0 radical (unpaired) electrons. The smallest absolute Gasteiger partial charge is 0.272 e. The number of amides is 1. The second kappa shape index (κ2) is 5.12. The molecule has 92 valence electrons. The van der Waals surface area contributed by atoms with Gasteiger partial charge in [0.1, 0.15) is 5.82 Å². The molecule has 0 bridgehead atoms. The molecule has 0 aliphatic heterocycles. The van der Waals surface area contributed by atoms with Gasteiger partial charge in [-0.1, -0.05) is 19.8 Å². The van der Waals surface area contributed by atoms with Crippen LogP contribution in [-0.4, -0.2) is 22.1 Å². The van der Waals surface area contributed by atoms with E-state index in [0.29, 0.717) is 11.5 Å². The molecule has 5 heteroatoms. The lowest BCUT2D eigenvalue weighted by atomic mass is 10.1. The van der Waals surface area contributed by atoms with Gasteiger partial charge in [-0.3, -0.25) is 4.79 Å². The highest BCUT2D eigenvalue weighted by Crippen LogP contribution is 2.34. The summed E-state index contributed by atoms with van der Waals surface area (Å²) >= 11 is 0. The summed E-state index contributed by atoms with van der Waals surface area (Å²) in [6.07, 6.45) is 4.62. The number of anilines is 1. The molecule has 1 saturated carbocycles. The molecule has 17 heavy (non-hydrogen) atoms. The number of hydrogen-bond donors (Lipinski definition) is 2. The third-order valence-electron chi connectivity index (χ3n) is 3.06. The van der Waals surface area contributed by atoms with Crippen LogP contribution >= 0.6 is 0 Å². The van der Waals surface area contributed by atoms with Crippen LogP contribution in [0.25, 0.3) is 0 Å². The molecule has 1 aromatic rings. The van der Waals surface area contributed by atoms with E-state index in [1.807, 2.05) is 0 Å². The van der Waals surface area contributed by atoms with Gasteiger partial charge >= 0.3 is 0 Å². The molecule has 1 atom stereocenters. The maximum absolute atomic E-state index is 11.9. The third-order valence-corrected chi connectivity index (χ3v) is 3.06. The summed E-state index contributed by atoms with van der Waals surface area (Å²) in [7, 11) is 0. The highest BCUT2D eigenvalue weighted by molar-refractivity contribution is 5.92. The topological polar surface area (TPSA) is 80.9 Å². The molecule has 5 nitrogen and oxygen atoms in total. The van der Waals surface area contributed by atoms with Gasteiger partial charge in [0.2, 0.25) is 0 Å². The number of carbonyl (C=O) groups is 1. The molecule has 0 aromatic carbocycles. The highest BCUT2D eigenvalue weighted by atomic mass is 16.2. The van der Waals surface area contributed by atoms with Crippen LogP contribution in [0.1, 0.15) is 43.1 Å². The Morgan fingerprint density at radius 3 is 2.82 bits per heavy atom. The van der Waals surface area contributed by atoms with Gasteiger partial charge in [-0.05, 0) is 30.9 Å². The highest BCUT2D eigenvalue weighted by Gasteiger charge is 2.25. The SMILES string of the molecule is CCC(CC1CC1)NC(=O)c1ccc(N)nn1. The summed E-state index contributed by atoms with van der Waals surface area (Å²) in [6.45, 7) is 2.09. The first-order valence-corrected chi connectivity index (χ1v) is 6.09. The fourth-order valence-corrected chi connectivity index (χ4v) is 1.81. The molecule has 2 rings (SSSR count). The number of nitrogens with one attached hydrogen (secondary N) is 1. The molecule has 1 aliphatic rings. The van der Waals surface area contributed by atoms with Crippen molar-refractivity contribution in [3.05, 3.63) is 17.8 Å². The fraction of sp³-hybridized carbons (Fsp3) is 0.583. The van der Waals surface area contributed by atoms with Crippen LogP contribution in [0.15, 0.2) is 12.1 Å². The lowest BCUT2D eigenvalue weighted by molar-refractivity contribution is 0.0926. The van der Waals surface area contributed by atoms with Gasteiger partial charge < -0.3 is 11.1 Å². The normalized spacial score (nSPS) is 16.5. The fourth-order valence-electron chi connectivity index (χ4n) is 1.81. The zero-order chi connectivity index (χ0) is 12.3. The van der Waals surface area contributed by atoms with Crippen LogP contribution in [0.2, 0.25) is 0 Å². The van der Waals surface area contributed by atoms with Crippen molar-refractivity contribution in [2.45, 2.75) is 38.6 Å². The number of aromatic nitrogens is 2. The molecule has 1 unspecified atom stereocenters. The molecule has 1 amide bonds. The summed E-state index contributed by atoms with van der Waals surface area (Å²) in [4.78, 5) is 11.9. The van der Waals surface area contributed by atoms with Crippen molar-refractivity contribution in [1.82, 2.24) is 15.5 Å². The lowest BCUT2D eigenvalue weighted by Gasteiger charge is -2.15. The van der Waals surface area contributed by atoms with E-state index in [9.17, 15) is 4.79 Å². The summed E-state index contributed by atoms with van der Waals surface area (Å²) < 4.78 is 0. The van der Waals surface area contributed by atoms with Gasteiger partial charge in [0.15, 0.2) is 5.69 Å². The van der Waals surface area contributed by atoms with Crippen LogP contribution in [0.3, 0.4) is 0 Å². The minimum atomic E-state index is -0.162. The van der Waals surface area contributed by atoms with Gasteiger partial charge in [-0.2, -0.15) is 0 Å². The van der Waals surface area contributed by atoms with Crippen molar-refractivity contribution < 1.29 is 4.79 Å². The second-order valence-corrected chi connectivity index (χ2v) is 4.60. The maximum atomic E-state index is 11.9. The second-order valence-electron chi connectivity index (χ2n) is 4.60. The Morgan fingerprint density at radius 2 is 2.29 bits per heavy atom. The predicted molar refractivity (Wildman–Crippen MR) is 65.3 cm³/mol. The van der Waals surface area contributed by atoms with Crippen molar-refractivity contribution in [3.63, 3.8) is 0 Å². The van der Waals surface area contributed by atoms with Crippen LogP contribution < -0.4 is 11.1 Å². The molecule has 3 N–H and O–H groups in total. The summed E-state index contributed by atoms with van der Waals surface area (Å²) in [5.41, 5.74) is 5.75. The first kappa shape index (κ1) is 11.8. The molecule has 1 aromatic heterocycles. The molecule has 1 heterocycles. The molecule has 1 aliphatic carbocycles. The molecular formula is C12H18N4O. The van der Waals surface area contributed by atoms with Gasteiger partial charge in [0, 0.05) is 6.04 Å². The van der Waals surface area contributed by atoms with Gasteiger partial charge in [-0.25, -0.2) is 0 Å². The van der Waals surface area contributed by atoms with Crippen LogP contribution in [-0.2, 0) is 0 Å². The Labute approximate surface area is 101 Å². The Balaban J connectivity index is 1.92. The van der Waals surface area contributed by atoms with E-state index >= 15 is 0 Å². The van der Waals surface area contributed by atoms with Gasteiger partial charge in [0.05, 0.1) is 0 Å². The Bertz CT molecular complexity index is 386. The molecular weight excluding hydrogens is 216 g/mol. The van der Waals surface area contributed by atoms with E-state index in [4.69, 9.17) is 5.73 Å². The van der Waals surface area contributed by atoms with Crippen LogP contribution in [0.5, 0.6) is 0 Å². The van der Waals surface area contributed by atoms with Crippen LogP contribution in [0.4, 0.5) is 5.82 Å². The summed E-state index contributed by atoms with van der Waals surface area (Å²) in [6, 6.07) is 3.43. The summed E-state index contributed by atoms with van der Waals surface area (Å²) in [5.74, 6) is 0.967. The van der Waals surface area contributed by atoms with E-state index in [2.05, 4.69) is 22.4 Å². The minimum absolute atomic E-state index is 0.162.